The molecule has 13 heterocycles. The highest BCUT2D eigenvalue weighted by molar-refractivity contribution is 7.17. The van der Waals surface area contributed by atoms with Gasteiger partial charge in [0.15, 0.2) is 34.5 Å². The summed E-state index contributed by atoms with van der Waals surface area (Å²) in [6.45, 7) is 28.9. The molecule has 4 fully saturated rings. The highest BCUT2D eigenvalue weighted by Gasteiger charge is 2.37. The van der Waals surface area contributed by atoms with Crippen LogP contribution in [-0.4, -0.2) is 228 Å². The third-order valence-corrected chi connectivity index (χ3v) is 23.7. The quantitative estimate of drug-likeness (QED) is 0.0836. The summed E-state index contributed by atoms with van der Waals surface area (Å²) in [5, 5.41) is 24.8. The van der Waals surface area contributed by atoms with Crippen molar-refractivity contribution in [3.63, 3.8) is 0 Å². The van der Waals surface area contributed by atoms with E-state index in [1.807, 2.05) is 56.6 Å². The SMILES string of the molecule is CCN1c2nc(Nc3ccc(N4CCC(N5CCN(C)CC5)CC4)cc3C)ncc2N(C)C(=O)c2nc(C)sc21.CCN1c2nc(Nc3ccc(N4CCC(O)CC4)cc3)ncc2N(C)C(=O)c2nc(C)sc21.CCN1c2nc(Nc3ccc(N4CCN(C)CC4)cc3)ncc2N(C)C(=O)c2nc(C)sc21. The number of benzene rings is 3. The number of thiazole rings is 3. The molecule has 0 saturated carbocycles. The van der Waals surface area contributed by atoms with Gasteiger partial charge >= 0.3 is 0 Å². The van der Waals surface area contributed by atoms with Crippen molar-refractivity contribution in [3.8, 4) is 0 Å². The zero-order valence-electron chi connectivity index (χ0n) is 62.5. The van der Waals surface area contributed by atoms with Crippen LogP contribution in [0.4, 0.5) is 101 Å². The molecule has 9 aromatic rings. The van der Waals surface area contributed by atoms with E-state index in [4.69, 9.17) is 15.0 Å². The van der Waals surface area contributed by atoms with Crippen molar-refractivity contribution in [2.24, 2.45) is 0 Å². The van der Waals surface area contributed by atoms with Gasteiger partial charge in [-0.3, -0.25) is 19.3 Å². The minimum atomic E-state index is -0.186. The normalized spacial score (nSPS) is 17.4. The Bertz CT molecular complexity index is 4470. The molecular weight excluding hydrogens is 1400 g/mol. The molecule has 0 atom stereocenters. The first-order valence-electron chi connectivity index (χ1n) is 36.6. The van der Waals surface area contributed by atoms with Gasteiger partial charge in [-0.15, -0.1) is 34.0 Å². The smallest absolute Gasteiger partial charge is 0.279 e. The highest BCUT2D eigenvalue weighted by Crippen LogP contribution is 2.46. The molecule has 4 N–H and O–H groups in total. The summed E-state index contributed by atoms with van der Waals surface area (Å²) in [6.07, 6.45) is 8.96. The molecule has 0 bridgehead atoms. The first-order valence-corrected chi connectivity index (χ1v) is 39.0. The fourth-order valence-electron chi connectivity index (χ4n) is 14.5. The average Bonchev–Trinajstić information content (AvgIpc) is 1.61. The molecule has 28 nitrogen and oxygen atoms in total. The summed E-state index contributed by atoms with van der Waals surface area (Å²) in [4.78, 5) is 106. The number of aliphatic hydroxyl groups is 1. The van der Waals surface area contributed by atoms with Crippen molar-refractivity contribution in [2.75, 3.05) is 193 Å². The van der Waals surface area contributed by atoms with E-state index in [0.717, 1.165) is 124 Å². The predicted octanol–water partition coefficient (Wildman–Crippen LogP) is 11.4. The van der Waals surface area contributed by atoms with E-state index in [2.05, 4.69) is 163 Å². The zero-order valence-corrected chi connectivity index (χ0v) is 64.9. The second-order valence-electron chi connectivity index (χ2n) is 27.7. The van der Waals surface area contributed by atoms with Gasteiger partial charge in [-0.2, -0.15) is 15.0 Å². The number of likely N-dealkylation sites (N-methyl/N-ethyl adjacent to an activating group) is 2. The minimum absolute atomic E-state index is 0.139. The Morgan fingerprint density at radius 1 is 0.425 bits per heavy atom. The summed E-state index contributed by atoms with van der Waals surface area (Å²) in [5.74, 6) is 3.10. The van der Waals surface area contributed by atoms with Crippen LogP contribution in [0.25, 0.3) is 0 Å². The number of hydrogen-bond acceptors (Lipinski definition) is 28. The summed E-state index contributed by atoms with van der Waals surface area (Å²) >= 11 is 4.52. The van der Waals surface area contributed by atoms with Crippen LogP contribution in [0.3, 0.4) is 0 Å². The van der Waals surface area contributed by atoms with Crippen molar-refractivity contribution in [1.82, 2.24) is 59.6 Å². The lowest BCUT2D eigenvalue weighted by atomic mass is 10.0. The van der Waals surface area contributed by atoms with Crippen LogP contribution in [0, 0.1) is 27.7 Å². The lowest BCUT2D eigenvalue weighted by Gasteiger charge is -2.42. The predicted molar refractivity (Wildman–Crippen MR) is 428 cm³/mol. The lowest BCUT2D eigenvalue weighted by Crippen LogP contribution is -2.52. The number of piperidine rings is 2. The number of nitrogens with one attached hydrogen (secondary N) is 3. The molecule has 106 heavy (non-hydrogen) atoms. The molecule has 0 unspecified atom stereocenters. The number of aromatic nitrogens is 9. The molecule has 31 heteroatoms. The maximum atomic E-state index is 13.1. The maximum Gasteiger partial charge on any atom is 0.279 e. The van der Waals surface area contributed by atoms with Crippen LogP contribution in [0.2, 0.25) is 0 Å². The molecule has 7 aliphatic rings. The fraction of sp³-hybridized carbons (Fsp3) is 0.440. The number of fused-ring (bicyclic) bond motifs is 6. The molecule has 556 valence electrons. The number of carbonyl (C=O) groups is 3. The van der Waals surface area contributed by atoms with Crippen molar-refractivity contribution < 1.29 is 19.5 Å². The summed E-state index contributed by atoms with van der Waals surface area (Å²) < 4.78 is 0. The summed E-state index contributed by atoms with van der Waals surface area (Å²) in [7, 11) is 9.61. The second kappa shape index (κ2) is 31.4. The van der Waals surface area contributed by atoms with Crippen LogP contribution in [-0.2, 0) is 0 Å². The summed E-state index contributed by atoms with van der Waals surface area (Å²) in [5.41, 5.74) is 10.9. The van der Waals surface area contributed by atoms with E-state index >= 15 is 0 Å². The molecule has 0 spiro atoms. The molecule has 4 saturated heterocycles. The number of aliphatic hydroxyl groups excluding tert-OH is 1. The van der Waals surface area contributed by atoms with E-state index < -0.39 is 0 Å². The van der Waals surface area contributed by atoms with Crippen LogP contribution < -0.4 is 60.0 Å². The molecule has 16 rings (SSSR count). The van der Waals surface area contributed by atoms with Gasteiger partial charge in [-0.05, 0) is 161 Å². The van der Waals surface area contributed by atoms with Crippen molar-refractivity contribution in [3.05, 3.63) is 123 Å². The van der Waals surface area contributed by atoms with E-state index in [-0.39, 0.29) is 23.8 Å². The Balaban J connectivity index is 0.000000135. The monoisotopic (exact) mass is 1490 g/mol. The molecule has 6 aromatic heterocycles. The summed E-state index contributed by atoms with van der Waals surface area (Å²) in [6, 6.07) is 23.8. The topological polar surface area (TPSA) is 262 Å². The van der Waals surface area contributed by atoms with Crippen molar-refractivity contribution in [2.45, 2.75) is 86.3 Å². The van der Waals surface area contributed by atoms with E-state index in [1.54, 1.807) is 54.4 Å². The van der Waals surface area contributed by atoms with E-state index in [1.165, 1.54) is 84.4 Å². The average molecular weight is 1490 g/mol. The highest BCUT2D eigenvalue weighted by atomic mass is 32.1. The molecule has 7 aliphatic heterocycles. The standard InChI is InChI=1S/C29H39N9OS.C23H28N8OS.C23H27N7O2S/c1-6-38-26-24(35(5)27(39)25-28(38)40-20(3)31-25)18-30-29(33-26)32-23-8-7-22(17-19(23)2)36-11-9-21(10-12-36)37-15-13-34(4)14-16-37;1-5-31-20-18(29(4)21(32)19-22(31)33-15(2)25-19)14-24-23(27-20)26-16-6-8-17(9-7-16)30-12-10-28(3)11-13-30;1-4-30-20-18(28(3)21(32)19-22(30)33-14(2)25-19)13-24-23(27-20)26-15-5-7-16(8-6-15)29-11-9-17(31)10-12-29/h7-8,17-18,21H,6,9-16H2,1-5H3,(H,30,32,33);6-9,14H,5,10-13H2,1-4H3,(H,24,26,27);5-8,13,17,31H,4,9-12H2,1-3H3,(H,24,26,27). The zero-order chi connectivity index (χ0) is 74.2. The fourth-order valence-corrected chi connectivity index (χ4v) is 17.4. The van der Waals surface area contributed by atoms with Crippen molar-refractivity contribution in [1.29, 1.82) is 0 Å². The van der Waals surface area contributed by atoms with Crippen LogP contribution >= 0.6 is 34.0 Å². The third-order valence-electron chi connectivity index (χ3n) is 20.7. The Labute approximate surface area is 631 Å². The largest absolute Gasteiger partial charge is 0.393 e. The first kappa shape index (κ1) is 73.2. The van der Waals surface area contributed by atoms with Gasteiger partial charge in [-0.25, -0.2) is 29.9 Å². The number of piperazine rings is 2. The maximum absolute atomic E-state index is 13.1. The number of aryl methyl sites for hydroxylation is 4. The Kier molecular flexibility index (Phi) is 21.6. The minimum Gasteiger partial charge on any atom is -0.393 e. The third kappa shape index (κ3) is 15.2. The number of anilines is 18. The number of carbonyl (C=O) groups excluding carboxylic acids is 3. The molecule has 0 aliphatic carbocycles. The lowest BCUT2D eigenvalue weighted by molar-refractivity contribution is 0.0982. The number of nitrogens with zero attached hydrogens (tertiary/aromatic N) is 21. The number of amides is 3. The van der Waals surface area contributed by atoms with Gasteiger partial charge < -0.3 is 75.0 Å². The Morgan fingerprint density at radius 2 is 0.774 bits per heavy atom. The van der Waals surface area contributed by atoms with Gasteiger partial charge in [0.05, 0.1) is 39.7 Å². The first-order chi connectivity index (χ1) is 51.2. The molecule has 0 radical (unpaired) electrons. The number of rotatable bonds is 13. The van der Waals surface area contributed by atoms with E-state index in [0.29, 0.717) is 95.1 Å². The van der Waals surface area contributed by atoms with Gasteiger partial charge in [0.1, 0.15) is 32.1 Å². The Morgan fingerprint density at radius 3 is 1.16 bits per heavy atom. The van der Waals surface area contributed by atoms with Gasteiger partial charge in [0.25, 0.3) is 17.7 Å². The second-order valence-corrected chi connectivity index (χ2v) is 31.3. The van der Waals surface area contributed by atoms with Gasteiger partial charge in [0.2, 0.25) is 17.8 Å². The van der Waals surface area contributed by atoms with Gasteiger partial charge in [0, 0.05) is 159 Å². The van der Waals surface area contributed by atoms with Crippen LogP contribution in [0.15, 0.2) is 85.3 Å². The van der Waals surface area contributed by atoms with E-state index in [9.17, 15) is 19.5 Å². The number of hydrogen-bond donors (Lipinski definition) is 4. The van der Waals surface area contributed by atoms with Crippen molar-refractivity contribution >= 4 is 153 Å². The Hall–Kier alpha value is -9.76. The van der Waals surface area contributed by atoms with Gasteiger partial charge in [-0.1, -0.05) is 0 Å². The van der Waals surface area contributed by atoms with Crippen LogP contribution in [0.5, 0.6) is 0 Å². The van der Waals surface area contributed by atoms with Crippen LogP contribution in [0.1, 0.15) is 98.5 Å². The molecule has 3 aromatic carbocycles. The molecule has 3 amide bonds. The molecular formula is C75H94N24O4S3.